The Labute approximate surface area is 198 Å². The maximum atomic E-state index is 12.5. The van der Waals surface area contributed by atoms with Crippen LogP contribution in [0.15, 0.2) is 50.9 Å². The van der Waals surface area contributed by atoms with Gasteiger partial charge in [-0.05, 0) is 61.7 Å². The van der Waals surface area contributed by atoms with Crippen molar-refractivity contribution in [2.75, 3.05) is 14.1 Å². The van der Waals surface area contributed by atoms with E-state index in [-0.39, 0.29) is 4.90 Å². The van der Waals surface area contributed by atoms with Crippen molar-refractivity contribution in [3.05, 3.63) is 53.3 Å². The van der Waals surface area contributed by atoms with Crippen molar-refractivity contribution < 1.29 is 12.8 Å². The van der Waals surface area contributed by atoms with E-state index >= 15 is 0 Å². The van der Waals surface area contributed by atoms with Crippen molar-refractivity contribution in [3.8, 4) is 11.5 Å². The topological polar surface area (TPSA) is 94.1 Å². The summed E-state index contributed by atoms with van der Waals surface area (Å²) >= 11 is 1.42. The van der Waals surface area contributed by atoms with Crippen LogP contribution in [0.4, 0.5) is 0 Å². The average molecular weight is 486 g/mol. The molecule has 2 heterocycles. The number of fused-ring (bicyclic) bond motifs is 1. The first-order chi connectivity index (χ1) is 15.7. The van der Waals surface area contributed by atoms with Gasteiger partial charge in [-0.2, -0.15) is 0 Å². The standard InChI is InChI=1S/C23H27N5O3S2/c1-6-11-28-20-10-9-18(33(29,30)27(4)5)13-19(20)24-21(28)14-32-23-26-25-22(31-23)17-8-7-15(2)16(3)12-17/h7-10,12-13H,6,11,14H2,1-5H3. The molecule has 0 amide bonds. The highest BCUT2D eigenvalue weighted by Crippen LogP contribution is 2.29. The van der Waals surface area contributed by atoms with Crippen LogP contribution in [0.3, 0.4) is 0 Å². The third-order valence-electron chi connectivity index (χ3n) is 5.51. The number of imidazole rings is 1. The summed E-state index contributed by atoms with van der Waals surface area (Å²) in [5.41, 5.74) is 4.84. The summed E-state index contributed by atoms with van der Waals surface area (Å²) < 4.78 is 34.2. The Kier molecular flexibility index (Phi) is 6.60. The normalized spacial score (nSPS) is 12.2. The van der Waals surface area contributed by atoms with Gasteiger partial charge in [0.25, 0.3) is 5.22 Å². The highest BCUT2D eigenvalue weighted by atomic mass is 32.2. The number of sulfonamides is 1. The molecule has 33 heavy (non-hydrogen) atoms. The van der Waals surface area contributed by atoms with Crippen LogP contribution >= 0.6 is 11.8 Å². The zero-order chi connectivity index (χ0) is 23.8. The van der Waals surface area contributed by atoms with Crippen molar-refractivity contribution in [1.29, 1.82) is 0 Å². The Bertz CT molecular complexity index is 1410. The predicted molar refractivity (Wildman–Crippen MR) is 130 cm³/mol. The number of nitrogens with zero attached hydrogens (tertiary/aromatic N) is 5. The zero-order valence-electron chi connectivity index (χ0n) is 19.4. The average Bonchev–Trinajstić information content (AvgIpc) is 3.39. The maximum absolute atomic E-state index is 12.5. The van der Waals surface area contributed by atoms with Gasteiger partial charge in [0.15, 0.2) is 0 Å². The van der Waals surface area contributed by atoms with Crippen molar-refractivity contribution >= 4 is 32.8 Å². The number of hydrogen-bond acceptors (Lipinski definition) is 7. The number of benzene rings is 2. The van der Waals surface area contributed by atoms with Crippen LogP contribution in [-0.4, -0.2) is 46.6 Å². The Hall–Kier alpha value is -2.69. The second kappa shape index (κ2) is 9.28. The molecule has 0 radical (unpaired) electrons. The number of thioether (sulfide) groups is 1. The molecule has 4 aromatic rings. The summed E-state index contributed by atoms with van der Waals surface area (Å²) in [7, 11) is -0.480. The van der Waals surface area contributed by atoms with E-state index in [1.165, 1.54) is 41.3 Å². The molecule has 174 valence electrons. The van der Waals surface area contributed by atoms with Gasteiger partial charge in [0.1, 0.15) is 5.82 Å². The van der Waals surface area contributed by atoms with Gasteiger partial charge in [0.05, 0.1) is 21.7 Å². The van der Waals surface area contributed by atoms with E-state index in [4.69, 9.17) is 9.40 Å². The van der Waals surface area contributed by atoms with Gasteiger partial charge < -0.3 is 8.98 Å². The lowest BCUT2D eigenvalue weighted by molar-refractivity contribution is 0.465. The monoisotopic (exact) mass is 485 g/mol. The molecule has 10 heteroatoms. The first-order valence-corrected chi connectivity index (χ1v) is 13.1. The smallest absolute Gasteiger partial charge is 0.277 e. The molecule has 2 aromatic carbocycles. The molecule has 8 nitrogen and oxygen atoms in total. The first kappa shape index (κ1) is 23.5. The third kappa shape index (κ3) is 4.68. The molecule has 2 aromatic heterocycles. The Balaban J connectivity index is 1.60. The van der Waals surface area contributed by atoms with Crippen molar-refractivity contribution in [1.82, 2.24) is 24.1 Å². The summed E-state index contributed by atoms with van der Waals surface area (Å²) in [5.74, 6) is 1.85. The molecule has 0 aliphatic rings. The lowest BCUT2D eigenvalue weighted by Crippen LogP contribution is -2.22. The summed E-state index contributed by atoms with van der Waals surface area (Å²) in [6, 6.07) is 11.2. The van der Waals surface area contributed by atoms with Gasteiger partial charge in [-0.3, -0.25) is 0 Å². The minimum atomic E-state index is -3.52. The highest BCUT2D eigenvalue weighted by molar-refractivity contribution is 7.98. The fourth-order valence-electron chi connectivity index (χ4n) is 3.50. The zero-order valence-corrected chi connectivity index (χ0v) is 21.0. The Morgan fingerprint density at radius 2 is 1.85 bits per heavy atom. The van der Waals surface area contributed by atoms with E-state index in [0.29, 0.717) is 22.4 Å². The van der Waals surface area contributed by atoms with E-state index < -0.39 is 10.0 Å². The quantitative estimate of drug-likeness (QED) is 0.335. The van der Waals surface area contributed by atoms with Crippen molar-refractivity contribution in [3.63, 3.8) is 0 Å². The number of aryl methyl sites for hydroxylation is 3. The largest absolute Gasteiger partial charge is 0.411 e. The molecule has 4 rings (SSSR count). The van der Waals surface area contributed by atoms with Crippen LogP contribution < -0.4 is 0 Å². The van der Waals surface area contributed by atoms with Gasteiger partial charge in [0, 0.05) is 26.2 Å². The van der Waals surface area contributed by atoms with Gasteiger partial charge in [-0.15, -0.1) is 10.2 Å². The van der Waals surface area contributed by atoms with Crippen LogP contribution in [-0.2, 0) is 22.3 Å². The van der Waals surface area contributed by atoms with E-state index in [2.05, 4.69) is 35.5 Å². The van der Waals surface area contributed by atoms with Gasteiger partial charge >= 0.3 is 0 Å². The van der Waals surface area contributed by atoms with Gasteiger partial charge in [0.2, 0.25) is 15.9 Å². The van der Waals surface area contributed by atoms with Gasteiger partial charge in [-0.1, -0.05) is 24.8 Å². The SMILES string of the molecule is CCCn1c(CSc2nnc(-c3ccc(C)c(C)c3)o2)nc2cc(S(=O)(=O)N(C)C)ccc21. The second-order valence-electron chi connectivity index (χ2n) is 8.08. The molecule has 0 saturated heterocycles. The van der Waals surface area contributed by atoms with Crippen LogP contribution in [0.2, 0.25) is 0 Å². The van der Waals surface area contributed by atoms with E-state index in [0.717, 1.165) is 29.9 Å². The fraction of sp³-hybridized carbons (Fsp3) is 0.348. The molecule has 0 bridgehead atoms. The molecule has 0 aliphatic carbocycles. The summed E-state index contributed by atoms with van der Waals surface area (Å²) in [6.07, 6.45) is 0.929. The Morgan fingerprint density at radius 3 is 2.55 bits per heavy atom. The highest BCUT2D eigenvalue weighted by Gasteiger charge is 2.20. The van der Waals surface area contributed by atoms with Crippen LogP contribution in [0.1, 0.15) is 30.3 Å². The predicted octanol–water partition coefficient (Wildman–Crippen LogP) is 4.66. The molecule has 0 aliphatic heterocycles. The van der Waals surface area contributed by atoms with Crippen LogP contribution in [0, 0.1) is 13.8 Å². The minimum absolute atomic E-state index is 0.232. The van der Waals surface area contributed by atoms with Crippen LogP contribution in [0.25, 0.3) is 22.5 Å². The van der Waals surface area contributed by atoms with E-state index in [9.17, 15) is 8.42 Å². The van der Waals surface area contributed by atoms with Crippen LogP contribution in [0.5, 0.6) is 0 Å². The molecule has 0 saturated carbocycles. The number of aromatic nitrogens is 4. The number of hydrogen-bond donors (Lipinski definition) is 0. The van der Waals surface area contributed by atoms with E-state index in [1.807, 2.05) is 24.3 Å². The minimum Gasteiger partial charge on any atom is -0.411 e. The van der Waals surface area contributed by atoms with E-state index in [1.54, 1.807) is 12.1 Å². The third-order valence-corrected chi connectivity index (χ3v) is 8.14. The maximum Gasteiger partial charge on any atom is 0.277 e. The molecular weight excluding hydrogens is 458 g/mol. The molecule has 0 N–H and O–H groups in total. The molecular formula is C23H27N5O3S2. The lowest BCUT2D eigenvalue weighted by Gasteiger charge is -2.11. The van der Waals surface area contributed by atoms with Crippen molar-refractivity contribution in [2.45, 2.75) is 49.6 Å². The Morgan fingerprint density at radius 1 is 1.06 bits per heavy atom. The molecule has 0 unspecified atom stereocenters. The summed E-state index contributed by atoms with van der Waals surface area (Å²) in [4.78, 5) is 4.97. The number of rotatable bonds is 8. The molecule has 0 spiro atoms. The summed E-state index contributed by atoms with van der Waals surface area (Å²) in [6.45, 7) is 7.00. The first-order valence-electron chi connectivity index (χ1n) is 10.7. The second-order valence-corrected chi connectivity index (χ2v) is 11.2. The molecule has 0 atom stereocenters. The van der Waals surface area contributed by atoms with Gasteiger partial charge in [-0.25, -0.2) is 17.7 Å². The van der Waals surface area contributed by atoms with Crippen molar-refractivity contribution in [2.24, 2.45) is 0 Å². The summed E-state index contributed by atoms with van der Waals surface area (Å²) in [5, 5.41) is 8.84. The lowest BCUT2D eigenvalue weighted by atomic mass is 10.1. The molecule has 0 fully saturated rings. The fourth-order valence-corrected chi connectivity index (χ4v) is 5.13.